The van der Waals surface area contributed by atoms with E-state index in [1.165, 1.54) is 12.1 Å². The molecule has 0 aliphatic carbocycles. The van der Waals surface area contributed by atoms with Crippen LogP contribution in [0.1, 0.15) is 36.4 Å². The van der Waals surface area contributed by atoms with Crippen LogP contribution in [0.25, 0.3) is 0 Å². The van der Waals surface area contributed by atoms with Crippen molar-refractivity contribution < 1.29 is 32.6 Å². The molecule has 1 aromatic rings. The molecule has 3 heterocycles. The maximum Gasteiger partial charge on any atom is 0.331 e. The minimum absolute atomic E-state index is 0. The molecule has 0 aromatic heterocycles. The molecule has 3 atom stereocenters. The number of amides is 4. The zero-order valence-corrected chi connectivity index (χ0v) is 17.5. The van der Waals surface area contributed by atoms with Gasteiger partial charge in [-0.1, -0.05) is 0 Å². The van der Waals surface area contributed by atoms with Crippen molar-refractivity contribution in [2.24, 2.45) is 11.7 Å². The summed E-state index contributed by atoms with van der Waals surface area (Å²) in [5, 5.41) is 2.12. The van der Waals surface area contributed by atoms with Gasteiger partial charge >= 0.3 is 6.03 Å². The highest BCUT2D eigenvalue weighted by Crippen LogP contribution is 2.34. The Labute approximate surface area is 183 Å². The molecule has 170 valence electrons. The van der Waals surface area contributed by atoms with Gasteiger partial charge in [-0.25, -0.2) is 13.6 Å². The lowest BCUT2D eigenvalue weighted by atomic mass is 9.90. The van der Waals surface area contributed by atoms with E-state index in [1.807, 2.05) is 0 Å². The summed E-state index contributed by atoms with van der Waals surface area (Å²) in [5.41, 5.74) is 6.54. The first-order valence-corrected chi connectivity index (χ1v) is 9.97. The number of benzene rings is 1. The van der Waals surface area contributed by atoms with Gasteiger partial charge in [0.25, 0.3) is 0 Å². The second-order valence-electron chi connectivity index (χ2n) is 7.76. The molecule has 0 saturated carbocycles. The molecule has 2 fully saturated rings. The quantitative estimate of drug-likeness (QED) is 0.649. The summed E-state index contributed by atoms with van der Waals surface area (Å²) in [6, 6.07) is 0.0212. The van der Waals surface area contributed by atoms with Gasteiger partial charge in [0, 0.05) is 43.2 Å². The van der Waals surface area contributed by atoms with Crippen LogP contribution in [0.2, 0.25) is 0 Å². The number of nitrogens with zero attached hydrogens (tertiary/aromatic N) is 1. The van der Waals surface area contributed by atoms with E-state index in [-0.39, 0.29) is 18.0 Å². The van der Waals surface area contributed by atoms with Crippen molar-refractivity contribution in [3.8, 4) is 5.75 Å². The predicted molar refractivity (Wildman–Crippen MR) is 107 cm³/mol. The number of ether oxygens (including phenoxy) is 2. The monoisotopic (exact) mass is 459 g/mol. The van der Waals surface area contributed by atoms with Crippen LogP contribution >= 0.6 is 12.4 Å². The average molecular weight is 460 g/mol. The summed E-state index contributed by atoms with van der Waals surface area (Å²) in [6.07, 6.45) is -0.995. The average Bonchev–Trinajstić information content (AvgIpc) is 3.17. The number of carbonyl (C=O) groups excluding carboxylic acids is 3. The summed E-state index contributed by atoms with van der Waals surface area (Å²) in [5.74, 6) is -3.26. The van der Waals surface area contributed by atoms with Crippen LogP contribution in [0.4, 0.5) is 13.6 Å². The zero-order chi connectivity index (χ0) is 21.4. The van der Waals surface area contributed by atoms with Crippen LogP contribution in [0.5, 0.6) is 5.75 Å². The Morgan fingerprint density at radius 2 is 1.90 bits per heavy atom. The minimum Gasteiger partial charge on any atom is -0.493 e. The summed E-state index contributed by atoms with van der Waals surface area (Å²) >= 11 is 0. The Balaban J connectivity index is 0.00000272. The molecule has 0 spiro atoms. The first-order chi connectivity index (χ1) is 14.4. The first-order valence-electron chi connectivity index (χ1n) is 9.97. The van der Waals surface area contributed by atoms with Crippen molar-refractivity contribution in [3.05, 3.63) is 29.1 Å². The third-order valence-electron chi connectivity index (χ3n) is 5.88. The molecule has 11 heteroatoms. The molecule has 0 radical (unpaired) electrons. The van der Waals surface area contributed by atoms with Gasteiger partial charge in [0.2, 0.25) is 11.8 Å². The number of urea groups is 1. The van der Waals surface area contributed by atoms with E-state index in [9.17, 15) is 18.8 Å². The Kier molecular flexibility index (Phi) is 7.13. The lowest BCUT2D eigenvalue weighted by Gasteiger charge is -2.37. The van der Waals surface area contributed by atoms with E-state index in [0.717, 1.165) is 4.90 Å². The Hall–Kier alpha value is -2.30. The van der Waals surface area contributed by atoms with Crippen LogP contribution in [0, 0.1) is 11.7 Å². The maximum atomic E-state index is 15.0. The lowest BCUT2D eigenvalue weighted by Crippen LogP contribution is -2.62. The van der Waals surface area contributed by atoms with Gasteiger partial charge in [-0.15, -0.1) is 12.4 Å². The first kappa shape index (κ1) is 23.4. The van der Waals surface area contributed by atoms with Gasteiger partial charge in [0.05, 0.1) is 12.6 Å². The summed E-state index contributed by atoms with van der Waals surface area (Å²) in [6.45, 7) is 1.19. The molecule has 3 unspecified atom stereocenters. The second-order valence-corrected chi connectivity index (χ2v) is 7.76. The maximum absolute atomic E-state index is 15.0. The standard InChI is InChI=1S/C20H23F2N3O5.ClH/c21-14-7-10-1-6-30-16(10)9-12(14)17(23)15(22)8-13-18(26)24-20(28)25(19(13)27)11-2-4-29-5-3-11;/h7,9,11,13,15,17H,1-6,8,23H2,(H,24,26,28);1H. The van der Waals surface area contributed by atoms with E-state index in [4.69, 9.17) is 15.2 Å². The van der Waals surface area contributed by atoms with Crippen LogP contribution in [-0.2, 0) is 20.7 Å². The number of imide groups is 2. The number of rotatable bonds is 5. The Morgan fingerprint density at radius 1 is 1.19 bits per heavy atom. The highest BCUT2D eigenvalue weighted by Gasteiger charge is 2.45. The van der Waals surface area contributed by atoms with Crippen molar-refractivity contribution in [1.82, 2.24) is 10.2 Å². The van der Waals surface area contributed by atoms with Gasteiger partial charge in [-0.2, -0.15) is 0 Å². The number of fused-ring (bicyclic) bond motifs is 1. The van der Waals surface area contributed by atoms with Gasteiger partial charge in [0.15, 0.2) is 0 Å². The highest BCUT2D eigenvalue weighted by molar-refractivity contribution is 6.16. The van der Waals surface area contributed by atoms with E-state index in [0.29, 0.717) is 50.4 Å². The van der Waals surface area contributed by atoms with Crippen molar-refractivity contribution in [3.63, 3.8) is 0 Å². The molecule has 8 nitrogen and oxygen atoms in total. The molecule has 0 bridgehead atoms. The summed E-state index contributed by atoms with van der Waals surface area (Å²) < 4.78 is 40.1. The van der Waals surface area contributed by atoms with Crippen LogP contribution in [-0.4, -0.2) is 54.8 Å². The largest absolute Gasteiger partial charge is 0.493 e. The molecular weight excluding hydrogens is 436 g/mol. The minimum atomic E-state index is -1.89. The highest BCUT2D eigenvalue weighted by atomic mass is 35.5. The lowest BCUT2D eigenvalue weighted by molar-refractivity contribution is -0.146. The van der Waals surface area contributed by atoms with Crippen molar-refractivity contribution >= 4 is 30.3 Å². The molecule has 2 saturated heterocycles. The fourth-order valence-electron chi connectivity index (χ4n) is 4.16. The topological polar surface area (TPSA) is 111 Å². The predicted octanol–water partition coefficient (Wildman–Crippen LogP) is 1.78. The molecule has 3 N–H and O–H groups in total. The van der Waals surface area contributed by atoms with Gasteiger partial charge < -0.3 is 15.2 Å². The van der Waals surface area contributed by atoms with Crippen LogP contribution < -0.4 is 15.8 Å². The molecule has 4 amide bonds. The van der Waals surface area contributed by atoms with Gasteiger partial charge in [-0.3, -0.25) is 19.8 Å². The normalized spacial score (nSPS) is 23.5. The summed E-state index contributed by atoms with van der Waals surface area (Å²) in [7, 11) is 0. The number of alkyl halides is 1. The SMILES string of the molecule is Cl.NC(c1cc2c(cc1F)CCO2)C(F)CC1C(=O)NC(=O)N(C2CCOCC2)C1=O. The number of hydrogen-bond donors (Lipinski definition) is 2. The van der Waals surface area contributed by atoms with Crippen LogP contribution in [0.15, 0.2) is 12.1 Å². The smallest absolute Gasteiger partial charge is 0.331 e. The third-order valence-corrected chi connectivity index (χ3v) is 5.88. The third kappa shape index (κ3) is 4.51. The number of hydrogen-bond acceptors (Lipinski definition) is 6. The number of nitrogens with two attached hydrogens (primary N) is 1. The molecule has 3 aliphatic heterocycles. The fourth-order valence-corrected chi connectivity index (χ4v) is 4.16. The molecule has 4 rings (SSSR count). The number of halogens is 3. The van der Waals surface area contributed by atoms with E-state index >= 15 is 4.39 Å². The van der Waals surface area contributed by atoms with Gasteiger partial charge in [0.1, 0.15) is 23.7 Å². The number of nitrogens with one attached hydrogen (secondary N) is 1. The molecule has 3 aliphatic rings. The van der Waals surface area contributed by atoms with Gasteiger partial charge in [-0.05, 0) is 25.0 Å². The summed E-state index contributed by atoms with van der Waals surface area (Å²) in [4.78, 5) is 38.3. The van der Waals surface area contributed by atoms with Crippen LogP contribution in [0.3, 0.4) is 0 Å². The number of carbonyl (C=O) groups is 3. The Bertz CT molecular complexity index is 881. The fraction of sp³-hybridized carbons (Fsp3) is 0.550. The van der Waals surface area contributed by atoms with E-state index < -0.39 is 54.3 Å². The van der Waals surface area contributed by atoms with Crippen molar-refractivity contribution in [2.45, 2.75) is 43.9 Å². The zero-order valence-electron chi connectivity index (χ0n) is 16.6. The molecule has 31 heavy (non-hydrogen) atoms. The van der Waals surface area contributed by atoms with E-state index in [2.05, 4.69) is 5.32 Å². The Morgan fingerprint density at radius 3 is 2.61 bits per heavy atom. The van der Waals surface area contributed by atoms with E-state index in [1.54, 1.807) is 0 Å². The number of barbiturate groups is 1. The van der Waals surface area contributed by atoms with Crippen molar-refractivity contribution in [1.29, 1.82) is 0 Å². The second kappa shape index (κ2) is 9.46. The molecule has 1 aromatic carbocycles. The molecular formula is C20H24ClF2N3O5. The van der Waals surface area contributed by atoms with Crippen molar-refractivity contribution in [2.75, 3.05) is 19.8 Å².